The van der Waals surface area contributed by atoms with E-state index in [0.717, 1.165) is 16.3 Å². The molecule has 29 heavy (non-hydrogen) atoms. The van der Waals surface area contributed by atoms with E-state index in [1.54, 1.807) is 19.2 Å². The van der Waals surface area contributed by atoms with Crippen molar-refractivity contribution < 1.29 is 14.6 Å². The summed E-state index contributed by atoms with van der Waals surface area (Å²) in [5.74, 6) is 0.298. The summed E-state index contributed by atoms with van der Waals surface area (Å²) in [6, 6.07) is 20.1. The molecule has 0 spiro atoms. The number of ether oxygens (including phenoxy) is 1. The average Bonchev–Trinajstić information content (AvgIpc) is 3.25. The van der Waals surface area contributed by atoms with Gasteiger partial charge in [-0.25, -0.2) is 5.43 Å². The number of hydrazone groups is 1. The summed E-state index contributed by atoms with van der Waals surface area (Å²) in [6.07, 6.45) is 1.42. The molecule has 0 aliphatic rings. The molecule has 7 nitrogen and oxygen atoms in total. The number of amides is 1. The SMILES string of the molecule is COc1ccccc1-c1cc(C(=O)N/N=C/c2c(O)ccc3ccccc23)[nH]n1. The Morgan fingerprint density at radius 3 is 2.79 bits per heavy atom. The van der Waals surface area contributed by atoms with Crippen molar-refractivity contribution in [2.24, 2.45) is 5.10 Å². The van der Waals surface area contributed by atoms with Crippen LogP contribution in [-0.2, 0) is 0 Å². The lowest BCUT2D eigenvalue weighted by Crippen LogP contribution is -2.18. The Morgan fingerprint density at radius 2 is 1.93 bits per heavy atom. The number of methoxy groups -OCH3 is 1. The number of H-pyrrole nitrogens is 1. The van der Waals surface area contributed by atoms with Crippen molar-refractivity contribution in [2.75, 3.05) is 7.11 Å². The van der Waals surface area contributed by atoms with Gasteiger partial charge in [0.1, 0.15) is 17.2 Å². The molecule has 3 N–H and O–H groups in total. The smallest absolute Gasteiger partial charge is 0.289 e. The Labute approximate surface area is 166 Å². The zero-order valence-corrected chi connectivity index (χ0v) is 15.6. The van der Waals surface area contributed by atoms with Crippen LogP contribution in [0.1, 0.15) is 16.1 Å². The molecule has 1 amide bonds. The molecule has 0 fully saturated rings. The highest BCUT2D eigenvalue weighted by molar-refractivity contribution is 6.03. The van der Waals surface area contributed by atoms with Crippen LogP contribution in [0, 0.1) is 0 Å². The highest BCUT2D eigenvalue weighted by Crippen LogP contribution is 2.28. The maximum atomic E-state index is 12.4. The van der Waals surface area contributed by atoms with Crippen molar-refractivity contribution in [3.05, 3.63) is 78.0 Å². The van der Waals surface area contributed by atoms with E-state index in [1.165, 1.54) is 6.21 Å². The first-order valence-electron chi connectivity index (χ1n) is 8.90. The number of carbonyl (C=O) groups excluding carboxylic acids is 1. The van der Waals surface area contributed by atoms with Crippen LogP contribution in [0.15, 0.2) is 71.8 Å². The number of hydrogen-bond acceptors (Lipinski definition) is 5. The molecule has 4 rings (SSSR count). The number of phenols is 1. The van der Waals surface area contributed by atoms with E-state index in [4.69, 9.17) is 4.74 Å². The molecule has 1 heterocycles. The molecule has 0 saturated heterocycles. The normalized spacial score (nSPS) is 11.1. The summed E-state index contributed by atoms with van der Waals surface area (Å²) in [7, 11) is 1.58. The zero-order chi connectivity index (χ0) is 20.2. The highest BCUT2D eigenvalue weighted by atomic mass is 16.5. The van der Waals surface area contributed by atoms with Gasteiger partial charge in [-0.15, -0.1) is 0 Å². The van der Waals surface area contributed by atoms with Crippen LogP contribution in [0.4, 0.5) is 0 Å². The number of aromatic hydroxyl groups is 1. The van der Waals surface area contributed by atoms with Crippen molar-refractivity contribution >= 4 is 22.9 Å². The Bertz CT molecular complexity index is 1210. The number of phenolic OH excluding ortho intramolecular Hbond substituents is 1. The predicted octanol–water partition coefficient (Wildman–Crippen LogP) is 3.71. The van der Waals surface area contributed by atoms with E-state index in [0.29, 0.717) is 17.0 Å². The van der Waals surface area contributed by atoms with Crippen molar-refractivity contribution in [3.63, 3.8) is 0 Å². The minimum absolute atomic E-state index is 0.0849. The van der Waals surface area contributed by atoms with Crippen LogP contribution >= 0.6 is 0 Å². The van der Waals surface area contributed by atoms with Gasteiger partial charge in [0.2, 0.25) is 0 Å². The Kier molecular flexibility index (Phi) is 4.94. The lowest BCUT2D eigenvalue weighted by Gasteiger charge is -2.04. The van der Waals surface area contributed by atoms with Crippen molar-refractivity contribution in [1.29, 1.82) is 0 Å². The van der Waals surface area contributed by atoms with Crippen LogP contribution in [0.25, 0.3) is 22.0 Å². The quantitative estimate of drug-likeness (QED) is 0.360. The van der Waals surface area contributed by atoms with Gasteiger partial charge in [-0.1, -0.05) is 42.5 Å². The number of aromatic amines is 1. The van der Waals surface area contributed by atoms with Crippen molar-refractivity contribution in [1.82, 2.24) is 15.6 Å². The number of nitrogens with one attached hydrogen (secondary N) is 2. The molecule has 0 aliphatic heterocycles. The first-order chi connectivity index (χ1) is 14.2. The molecule has 0 atom stereocenters. The van der Waals surface area contributed by atoms with Gasteiger partial charge in [0.05, 0.1) is 19.0 Å². The van der Waals surface area contributed by atoms with E-state index in [9.17, 15) is 9.90 Å². The van der Waals surface area contributed by atoms with Gasteiger partial charge in [-0.2, -0.15) is 10.2 Å². The second-order valence-corrected chi connectivity index (χ2v) is 6.29. The molecule has 7 heteroatoms. The van der Waals surface area contributed by atoms with E-state index < -0.39 is 5.91 Å². The standard InChI is InChI=1S/C22H18N4O3/c1-29-21-9-5-4-8-16(21)18-12-19(25-24-18)22(28)26-23-13-17-15-7-3-2-6-14(15)10-11-20(17)27/h2-13,27H,1H3,(H,24,25)(H,26,28)/b23-13+. The van der Waals surface area contributed by atoms with Crippen LogP contribution in [-0.4, -0.2) is 34.5 Å². The first kappa shape index (κ1) is 18.2. The Balaban J connectivity index is 1.53. The van der Waals surface area contributed by atoms with Gasteiger partial charge in [0.15, 0.2) is 0 Å². The number of hydrogen-bond donors (Lipinski definition) is 3. The van der Waals surface area contributed by atoms with Gasteiger partial charge in [-0.3, -0.25) is 9.89 Å². The van der Waals surface area contributed by atoms with E-state index in [-0.39, 0.29) is 11.4 Å². The fraction of sp³-hybridized carbons (Fsp3) is 0.0455. The minimum atomic E-state index is -0.449. The third kappa shape index (κ3) is 3.66. The molecule has 0 unspecified atom stereocenters. The lowest BCUT2D eigenvalue weighted by atomic mass is 10.0. The van der Waals surface area contributed by atoms with Crippen LogP contribution in [0.3, 0.4) is 0 Å². The molecular formula is C22H18N4O3. The molecule has 0 aliphatic carbocycles. The average molecular weight is 386 g/mol. The minimum Gasteiger partial charge on any atom is -0.507 e. The number of benzene rings is 3. The zero-order valence-electron chi connectivity index (χ0n) is 15.6. The summed E-state index contributed by atoms with van der Waals surface area (Å²) in [6.45, 7) is 0. The molecule has 144 valence electrons. The molecule has 1 aromatic heterocycles. The number of nitrogens with zero attached hydrogens (tertiary/aromatic N) is 2. The molecular weight excluding hydrogens is 368 g/mol. The second kappa shape index (κ2) is 7.85. The number of aromatic nitrogens is 2. The van der Waals surface area contributed by atoms with Gasteiger partial charge < -0.3 is 9.84 Å². The highest BCUT2D eigenvalue weighted by Gasteiger charge is 2.13. The van der Waals surface area contributed by atoms with Crippen molar-refractivity contribution in [2.45, 2.75) is 0 Å². The van der Waals surface area contributed by atoms with Gasteiger partial charge >= 0.3 is 0 Å². The number of carbonyl (C=O) groups is 1. The molecule has 3 aromatic carbocycles. The summed E-state index contributed by atoms with van der Waals surface area (Å²) in [4.78, 5) is 12.4. The van der Waals surface area contributed by atoms with Gasteiger partial charge in [0.25, 0.3) is 5.91 Å². The van der Waals surface area contributed by atoms with Crippen LogP contribution < -0.4 is 10.2 Å². The lowest BCUT2D eigenvalue weighted by molar-refractivity contribution is 0.0950. The van der Waals surface area contributed by atoms with E-state index >= 15 is 0 Å². The topological polar surface area (TPSA) is 99.6 Å². The fourth-order valence-electron chi connectivity index (χ4n) is 3.07. The maximum Gasteiger partial charge on any atom is 0.289 e. The summed E-state index contributed by atoms with van der Waals surface area (Å²) in [5, 5.41) is 22.8. The molecule has 4 aromatic rings. The molecule has 0 bridgehead atoms. The summed E-state index contributed by atoms with van der Waals surface area (Å²) in [5.41, 5.74) is 4.59. The number of fused-ring (bicyclic) bond motifs is 1. The molecule has 0 saturated carbocycles. The predicted molar refractivity (Wildman–Crippen MR) is 111 cm³/mol. The first-order valence-corrected chi connectivity index (χ1v) is 8.90. The summed E-state index contributed by atoms with van der Waals surface area (Å²) < 4.78 is 5.33. The maximum absolute atomic E-state index is 12.4. The summed E-state index contributed by atoms with van der Waals surface area (Å²) >= 11 is 0. The number of para-hydroxylation sites is 1. The van der Waals surface area contributed by atoms with Crippen molar-refractivity contribution in [3.8, 4) is 22.8 Å². The second-order valence-electron chi connectivity index (χ2n) is 6.29. The monoisotopic (exact) mass is 386 g/mol. The molecule has 0 radical (unpaired) electrons. The Hall–Kier alpha value is -4.13. The largest absolute Gasteiger partial charge is 0.507 e. The van der Waals surface area contributed by atoms with Crippen LogP contribution in [0.5, 0.6) is 11.5 Å². The van der Waals surface area contributed by atoms with E-state index in [2.05, 4.69) is 20.7 Å². The third-order valence-electron chi connectivity index (χ3n) is 4.51. The van der Waals surface area contributed by atoms with Crippen LogP contribution in [0.2, 0.25) is 0 Å². The Morgan fingerprint density at radius 1 is 1.14 bits per heavy atom. The van der Waals surface area contributed by atoms with Gasteiger partial charge in [0, 0.05) is 11.1 Å². The van der Waals surface area contributed by atoms with E-state index in [1.807, 2.05) is 54.6 Å². The van der Waals surface area contributed by atoms with Gasteiger partial charge in [-0.05, 0) is 35.0 Å². The third-order valence-corrected chi connectivity index (χ3v) is 4.51. The number of rotatable bonds is 5. The fourth-order valence-corrected chi connectivity index (χ4v) is 3.07.